The van der Waals surface area contributed by atoms with Crippen LogP contribution in [0.1, 0.15) is 24.5 Å². The van der Waals surface area contributed by atoms with Crippen LogP contribution >= 0.6 is 0 Å². The van der Waals surface area contributed by atoms with Gasteiger partial charge in [0.2, 0.25) is 17.7 Å². The van der Waals surface area contributed by atoms with Crippen molar-refractivity contribution in [1.82, 2.24) is 15.1 Å². The highest BCUT2D eigenvalue weighted by atomic mass is 16.2. The maximum Gasteiger partial charge on any atom is 0.238 e. The fourth-order valence-corrected chi connectivity index (χ4v) is 3.05. The van der Waals surface area contributed by atoms with Gasteiger partial charge in [-0.1, -0.05) is 18.2 Å². The molecule has 0 radical (unpaired) electrons. The Morgan fingerprint density at radius 1 is 1.04 bits per heavy atom. The zero-order valence-corrected chi connectivity index (χ0v) is 15.8. The summed E-state index contributed by atoms with van der Waals surface area (Å²) >= 11 is 0. The van der Waals surface area contributed by atoms with Gasteiger partial charge in [-0.2, -0.15) is 0 Å². The van der Waals surface area contributed by atoms with Crippen LogP contribution < -0.4 is 10.6 Å². The first-order valence-corrected chi connectivity index (χ1v) is 8.97. The molecule has 0 spiro atoms. The van der Waals surface area contributed by atoms with Gasteiger partial charge < -0.3 is 15.5 Å². The Morgan fingerprint density at radius 3 is 2.23 bits per heavy atom. The zero-order chi connectivity index (χ0) is 19.1. The summed E-state index contributed by atoms with van der Waals surface area (Å²) in [4.78, 5) is 39.1. The summed E-state index contributed by atoms with van der Waals surface area (Å²) in [7, 11) is 0. The van der Waals surface area contributed by atoms with Gasteiger partial charge in [-0.05, 0) is 25.0 Å². The topological polar surface area (TPSA) is 81.8 Å². The average Bonchev–Trinajstić information content (AvgIpc) is 2.58. The number of amides is 3. The van der Waals surface area contributed by atoms with Crippen LogP contribution in [0.4, 0.5) is 5.69 Å². The fourth-order valence-electron chi connectivity index (χ4n) is 3.05. The first-order valence-electron chi connectivity index (χ1n) is 8.97. The molecule has 0 saturated carbocycles. The lowest BCUT2D eigenvalue weighted by molar-refractivity contribution is -0.133. The van der Waals surface area contributed by atoms with Gasteiger partial charge in [0, 0.05) is 51.8 Å². The van der Waals surface area contributed by atoms with Gasteiger partial charge >= 0.3 is 0 Å². The minimum atomic E-state index is -0.127. The van der Waals surface area contributed by atoms with Crippen LogP contribution in [-0.2, 0) is 14.4 Å². The molecule has 0 aromatic heterocycles. The van der Waals surface area contributed by atoms with Gasteiger partial charge in [-0.25, -0.2) is 0 Å². The monoisotopic (exact) mass is 360 g/mol. The second-order valence-electron chi connectivity index (χ2n) is 6.70. The van der Waals surface area contributed by atoms with E-state index in [9.17, 15) is 14.4 Å². The maximum absolute atomic E-state index is 12.3. The van der Waals surface area contributed by atoms with Crippen molar-refractivity contribution in [2.75, 3.05) is 44.6 Å². The molecule has 1 heterocycles. The van der Waals surface area contributed by atoms with Crippen LogP contribution in [0, 0.1) is 13.8 Å². The Balaban J connectivity index is 1.75. The molecule has 26 heavy (non-hydrogen) atoms. The molecular weight excluding hydrogens is 332 g/mol. The third-order valence-corrected chi connectivity index (χ3v) is 4.55. The van der Waals surface area contributed by atoms with Crippen molar-refractivity contribution >= 4 is 23.4 Å². The highest BCUT2D eigenvalue weighted by Gasteiger charge is 2.22. The predicted octanol–water partition coefficient (Wildman–Crippen LogP) is 0.912. The molecule has 3 amide bonds. The molecule has 2 rings (SSSR count). The van der Waals surface area contributed by atoms with Crippen LogP contribution in [0.15, 0.2) is 18.2 Å². The van der Waals surface area contributed by atoms with Crippen LogP contribution in [0.3, 0.4) is 0 Å². The summed E-state index contributed by atoms with van der Waals surface area (Å²) in [6.07, 6.45) is 0.312. The summed E-state index contributed by atoms with van der Waals surface area (Å²) in [6.45, 7) is 8.65. The van der Waals surface area contributed by atoms with Crippen molar-refractivity contribution in [2.45, 2.75) is 27.2 Å². The number of anilines is 1. The van der Waals surface area contributed by atoms with E-state index in [1.807, 2.05) is 32.0 Å². The Bertz CT molecular complexity index is 646. The van der Waals surface area contributed by atoms with E-state index < -0.39 is 0 Å². The average molecular weight is 360 g/mol. The van der Waals surface area contributed by atoms with Crippen LogP contribution in [0.5, 0.6) is 0 Å². The lowest BCUT2D eigenvalue weighted by atomic mass is 10.1. The van der Waals surface area contributed by atoms with Gasteiger partial charge in [-0.3, -0.25) is 19.3 Å². The second kappa shape index (κ2) is 9.33. The second-order valence-corrected chi connectivity index (χ2v) is 6.70. The largest absolute Gasteiger partial charge is 0.356 e. The quantitative estimate of drug-likeness (QED) is 0.790. The summed E-state index contributed by atoms with van der Waals surface area (Å²) in [5.41, 5.74) is 2.98. The molecular formula is C19H28N4O3. The minimum absolute atomic E-state index is 0.0344. The number of carbonyl (C=O) groups is 3. The maximum atomic E-state index is 12.3. The van der Waals surface area contributed by atoms with E-state index in [0.717, 1.165) is 16.8 Å². The predicted molar refractivity (Wildman–Crippen MR) is 101 cm³/mol. The van der Waals surface area contributed by atoms with Crippen LogP contribution in [-0.4, -0.2) is 66.8 Å². The lowest BCUT2D eigenvalue weighted by Crippen LogP contribution is -2.50. The van der Waals surface area contributed by atoms with E-state index in [2.05, 4.69) is 15.5 Å². The standard InChI is InChI=1S/C19H28N4O3/c1-14-5-4-6-15(2)19(14)21-17(25)13-22-9-11-23(12-10-22)18(26)7-8-20-16(3)24/h4-6H,7-13H2,1-3H3,(H,20,24)(H,21,25). The molecule has 0 atom stereocenters. The molecule has 7 heteroatoms. The summed E-state index contributed by atoms with van der Waals surface area (Å²) < 4.78 is 0. The third kappa shape index (κ3) is 5.84. The number of hydrogen-bond donors (Lipinski definition) is 2. The number of carbonyl (C=O) groups excluding carboxylic acids is 3. The van der Waals surface area contributed by atoms with E-state index in [4.69, 9.17) is 0 Å². The Hall–Kier alpha value is -2.41. The normalized spacial score (nSPS) is 14.8. The Kier molecular flexibility index (Phi) is 7.15. The van der Waals surface area contributed by atoms with Crippen molar-refractivity contribution in [1.29, 1.82) is 0 Å². The van der Waals surface area contributed by atoms with E-state index in [0.29, 0.717) is 45.7 Å². The highest BCUT2D eigenvalue weighted by molar-refractivity contribution is 5.93. The number of piperazine rings is 1. The van der Waals surface area contributed by atoms with Crippen molar-refractivity contribution in [3.8, 4) is 0 Å². The van der Waals surface area contributed by atoms with E-state index in [1.54, 1.807) is 4.90 Å². The summed E-state index contributed by atoms with van der Waals surface area (Å²) in [6, 6.07) is 5.93. The van der Waals surface area contributed by atoms with Gasteiger partial charge in [0.1, 0.15) is 0 Å². The van der Waals surface area contributed by atoms with Gasteiger partial charge in [0.05, 0.1) is 6.54 Å². The molecule has 0 unspecified atom stereocenters. The summed E-state index contributed by atoms with van der Waals surface area (Å²) in [5, 5.41) is 5.63. The Labute approximate surface area is 154 Å². The molecule has 1 aliphatic heterocycles. The molecule has 142 valence electrons. The molecule has 0 aliphatic carbocycles. The van der Waals surface area contributed by atoms with Gasteiger partial charge in [0.15, 0.2) is 0 Å². The van der Waals surface area contributed by atoms with Crippen molar-refractivity contribution in [3.63, 3.8) is 0 Å². The first-order chi connectivity index (χ1) is 12.4. The number of nitrogens with zero attached hydrogens (tertiary/aromatic N) is 2. The molecule has 0 bridgehead atoms. The molecule has 1 aliphatic rings. The first kappa shape index (κ1) is 19.9. The number of para-hydroxylation sites is 1. The highest BCUT2D eigenvalue weighted by Crippen LogP contribution is 2.19. The van der Waals surface area contributed by atoms with Crippen molar-refractivity contribution < 1.29 is 14.4 Å². The number of rotatable bonds is 6. The van der Waals surface area contributed by atoms with Gasteiger partial charge in [0.25, 0.3) is 0 Å². The van der Waals surface area contributed by atoms with Crippen LogP contribution in [0.2, 0.25) is 0 Å². The zero-order valence-electron chi connectivity index (χ0n) is 15.8. The number of benzene rings is 1. The number of hydrogen-bond acceptors (Lipinski definition) is 4. The van der Waals surface area contributed by atoms with E-state index >= 15 is 0 Å². The third-order valence-electron chi connectivity index (χ3n) is 4.55. The van der Waals surface area contributed by atoms with Crippen molar-refractivity contribution in [3.05, 3.63) is 29.3 Å². The SMILES string of the molecule is CC(=O)NCCC(=O)N1CCN(CC(=O)Nc2c(C)cccc2C)CC1. The summed E-state index contributed by atoms with van der Waals surface area (Å²) in [5.74, 6) is -0.122. The Morgan fingerprint density at radius 2 is 1.65 bits per heavy atom. The molecule has 2 N–H and O–H groups in total. The van der Waals surface area contributed by atoms with Crippen molar-refractivity contribution in [2.24, 2.45) is 0 Å². The fraction of sp³-hybridized carbons (Fsp3) is 0.526. The molecule has 1 aromatic carbocycles. The molecule has 1 saturated heterocycles. The molecule has 1 fully saturated rings. The number of nitrogens with one attached hydrogen (secondary N) is 2. The molecule has 7 nitrogen and oxygen atoms in total. The van der Waals surface area contributed by atoms with E-state index in [-0.39, 0.29) is 17.7 Å². The number of aryl methyl sites for hydroxylation is 2. The lowest BCUT2D eigenvalue weighted by Gasteiger charge is -2.34. The van der Waals surface area contributed by atoms with Crippen LogP contribution in [0.25, 0.3) is 0 Å². The van der Waals surface area contributed by atoms with E-state index in [1.165, 1.54) is 6.92 Å². The van der Waals surface area contributed by atoms with Gasteiger partial charge in [-0.15, -0.1) is 0 Å². The smallest absolute Gasteiger partial charge is 0.238 e. The molecule has 1 aromatic rings. The minimum Gasteiger partial charge on any atom is -0.356 e.